The van der Waals surface area contributed by atoms with Crippen LogP contribution in [0.5, 0.6) is 5.75 Å². The molecule has 0 aromatic heterocycles. The van der Waals surface area contributed by atoms with Crippen molar-refractivity contribution < 1.29 is 19.2 Å². The molecule has 6 heteroatoms. The van der Waals surface area contributed by atoms with E-state index in [1.54, 1.807) is 18.2 Å². The Labute approximate surface area is 178 Å². The van der Waals surface area contributed by atoms with Gasteiger partial charge in [0.1, 0.15) is 11.3 Å². The molecule has 0 spiro atoms. The molecule has 3 rings (SSSR count). The maximum atomic E-state index is 13.4. The number of rotatable bonds is 5. The number of hydroxylamine groups is 2. The highest BCUT2D eigenvalue weighted by Crippen LogP contribution is 2.36. The molecule has 29 heavy (non-hydrogen) atoms. The first kappa shape index (κ1) is 21.9. The molecule has 0 bridgehead atoms. The lowest BCUT2D eigenvalue weighted by Crippen LogP contribution is -2.45. The summed E-state index contributed by atoms with van der Waals surface area (Å²) in [5.74, 6) is 1.08. The topological polar surface area (TPSA) is 55.8 Å². The first-order valence-electron chi connectivity index (χ1n) is 10.7. The zero-order valence-corrected chi connectivity index (χ0v) is 18.4. The number of amides is 1. The lowest BCUT2D eigenvalue weighted by molar-refractivity contribution is -0.184. The molecule has 2 aliphatic carbocycles. The Balaban J connectivity index is 1.80. The standard InChI is InChI=1S/C23H32ClNO4/c1-15-10-16(2)12-18(11-15)22(26)25(19-6-4-5-7-19)29-23(27)20-9-8-17(14-24)13-21(20)28-3/h8-9,13,15-16,18-19H,4-7,10-12,14H2,1-3H3. The number of halogens is 1. The largest absolute Gasteiger partial charge is 0.496 e. The normalized spacial score (nSPS) is 24.9. The third-order valence-electron chi connectivity index (χ3n) is 6.22. The SMILES string of the molecule is COc1cc(CCl)ccc1C(=O)ON(C(=O)C1CC(C)CC(C)C1)C1CCCC1. The van der Waals surface area contributed by atoms with Gasteiger partial charge in [-0.15, -0.1) is 11.6 Å². The fraction of sp³-hybridized carbons (Fsp3) is 0.652. The number of hydrogen-bond acceptors (Lipinski definition) is 4. The summed E-state index contributed by atoms with van der Waals surface area (Å²) >= 11 is 5.88. The van der Waals surface area contributed by atoms with Crippen molar-refractivity contribution in [1.29, 1.82) is 0 Å². The summed E-state index contributed by atoms with van der Waals surface area (Å²) in [4.78, 5) is 32.1. The number of alkyl halides is 1. The van der Waals surface area contributed by atoms with E-state index in [1.165, 1.54) is 12.2 Å². The van der Waals surface area contributed by atoms with Gasteiger partial charge in [0.25, 0.3) is 5.91 Å². The van der Waals surface area contributed by atoms with Crippen LogP contribution < -0.4 is 4.74 Å². The number of hydrogen-bond donors (Lipinski definition) is 0. The molecule has 2 fully saturated rings. The average molecular weight is 422 g/mol. The van der Waals surface area contributed by atoms with E-state index in [4.69, 9.17) is 21.2 Å². The van der Waals surface area contributed by atoms with E-state index in [-0.39, 0.29) is 17.9 Å². The van der Waals surface area contributed by atoms with Crippen LogP contribution in [-0.4, -0.2) is 30.1 Å². The first-order chi connectivity index (χ1) is 13.9. The zero-order valence-electron chi connectivity index (χ0n) is 17.7. The highest BCUT2D eigenvalue weighted by atomic mass is 35.5. The van der Waals surface area contributed by atoms with Crippen molar-refractivity contribution in [3.63, 3.8) is 0 Å². The van der Waals surface area contributed by atoms with Gasteiger partial charge in [0.05, 0.1) is 13.2 Å². The van der Waals surface area contributed by atoms with Gasteiger partial charge < -0.3 is 9.57 Å². The fourth-order valence-corrected chi connectivity index (χ4v) is 5.06. The average Bonchev–Trinajstić information content (AvgIpc) is 3.24. The van der Waals surface area contributed by atoms with Crippen LogP contribution >= 0.6 is 11.6 Å². The van der Waals surface area contributed by atoms with Crippen molar-refractivity contribution >= 4 is 23.5 Å². The molecule has 0 radical (unpaired) electrons. The molecule has 1 aromatic carbocycles. The van der Waals surface area contributed by atoms with E-state index in [0.29, 0.717) is 29.0 Å². The molecule has 2 aliphatic rings. The monoisotopic (exact) mass is 421 g/mol. The molecule has 0 N–H and O–H groups in total. The highest BCUT2D eigenvalue weighted by molar-refractivity contribution is 6.17. The minimum Gasteiger partial charge on any atom is -0.496 e. The Hall–Kier alpha value is -1.75. The van der Waals surface area contributed by atoms with Gasteiger partial charge in [0.2, 0.25) is 0 Å². The summed E-state index contributed by atoms with van der Waals surface area (Å²) in [6, 6.07) is 5.13. The molecule has 0 aliphatic heterocycles. The summed E-state index contributed by atoms with van der Waals surface area (Å²) < 4.78 is 5.36. The van der Waals surface area contributed by atoms with Gasteiger partial charge in [-0.2, -0.15) is 5.06 Å². The van der Waals surface area contributed by atoms with Gasteiger partial charge in [-0.25, -0.2) is 4.79 Å². The minimum atomic E-state index is -0.555. The second kappa shape index (κ2) is 9.84. The summed E-state index contributed by atoms with van der Waals surface area (Å²) in [6.45, 7) is 4.40. The maximum Gasteiger partial charge on any atom is 0.366 e. The number of methoxy groups -OCH3 is 1. The quantitative estimate of drug-likeness (QED) is 0.475. The molecular formula is C23H32ClNO4. The van der Waals surface area contributed by atoms with Gasteiger partial charge >= 0.3 is 5.97 Å². The predicted molar refractivity (Wildman–Crippen MR) is 113 cm³/mol. The van der Waals surface area contributed by atoms with Crippen LogP contribution in [0, 0.1) is 17.8 Å². The summed E-state index contributed by atoms with van der Waals surface area (Å²) in [5.41, 5.74) is 1.16. The van der Waals surface area contributed by atoms with Crippen molar-refractivity contribution in [3.05, 3.63) is 29.3 Å². The molecule has 1 amide bonds. The Kier molecular flexibility index (Phi) is 7.44. The van der Waals surface area contributed by atoms with Gasteiger partial charge in [-0.1, -0.05) is 32.8 Å². The zero-order chi connectivity index (χ0) is 21.0. The molecular weight excluding hydrogens is 390 g/mol. The van der Waals surface area contributed by atoms with Crippen molar-refractivity contribution in [3.8, 4) is 5.75 Å². The van der Waals surface area contributed by atoms with E-state index in [1.807, 2.05) is 0 Å². The first-order valence-corrected chi connectivity index (χ1v) is 11.2. The number of ether oxygens (including phenoxy) is 1. The minimum absolute atomic E-state index is 0.0351. The van der Waals surface area contributed by atoms with E-state index in [0.717, 1.165) is 50.5 Å². The van der Waals surface area contributed by atoms with Gasteiger partial charge in [0, 0.05) is 11.8 Å². The summed E-state index contributed by atoms with van der Waals surface area (Å²) in [6.07, 6.45) is 6.72. The molecule has 2 unspecified atom stereocenters. The lowest BCUT2D eigenvalue weighted by atomic mass is 9.76. The molecule has 160 valence electrons. The van der Waals surface area contributed by atoms with E-state index < -0.39 is 5.97 Å². The Morgan fingerprint density at radius 1 is 1.10 bits per heavy atom. The van der Waals surface area contributed by atoms with Gasteiger partial charge in [-0.05, 0) is 61.6 Å². The molecule has 5 nitrogen and oxygen atoms in total. The summed E-state index contributed by atoms with van der Waals surface area (Å²) in [5, 5.41) is 1.40. The Morgan fingerprint density at radius 3 is 2.34 bits per heavy atom. The summed E-state index contributed by atoms with van der Waals surface area (Å²) in [7, 11) is 1.51. The van der Waals surface area contributed by atoms with Crippen molar-refractivity contribution in [2.45, 2.75) is 70.7 Å². The molecule has 0 heterocycles. The van der Waals surface area contributed by atoms with E-state index in [9.17, 15) is 9.59 Å². The molecule has 2 atom stereocenters. The fourth-order valence-electron chi connectivity index (χ4n) is 4.89. The van der Waals surface area contributed by atoms with Crippen LogP contribution in [0.1, 0.15) is 74.7 Å². The molecule has 2 saturated carbocycles. The van der Waals surface area contributed by atoms with Crippen LogP contribution in [-0.2, 0) is 15.5 Å². The van der Waals surface area contributed by atoms with Gasteiger partial charge in [-0.3, -0.25) is 4.79 Å². The van der Waals surface area contributed by atoms with Crippen LogP contribution in [0.2, 0.25) is 0 Å². The van der Waals surface area contributed by atoms with Crippen molar-refractivity contribution in [1.82, 2.24) is 5.06 Å². The second-order valence-electron chi connectivity index (χ2n) is 8.76. The predicted octanol–water partition coefficient (Wildman–Crippen LogP) is 5.35. The van der Waals surface area contributed by atoms with Crippen LogP contribution in [0.25, 0.3) is 0 Å². The maximum absolute atomic E-state index is 13.4. The smallest absolute Gasteiger partial charge is 0.366 e. The lowest BCUT2D eigenvalue weighted by Gasteiger charge is -2.35. The van der Waals surface area contributed by atoms with Crippen LogP contribution in [0.4, 0.5) is 0 Å². The Morgan fingerprint density at radius 2 is 1.76 bits per heavy atom. The van der Waals surface area contributed by atoms with Crippen LogP contribution in [0.15, 0.2) is 18.2 Å². The van der Waals surface area contributed by atoms with Crippen molar-refractivity contribution in [2.75, 3.05) is 7.11 Å². The van der Waals surface area contributed by atoms with E-state index in [2.05, 4.69) is 13.8 Å². The van der Waals surface area contributed by atoms with Crippen molar-refractivity contribution in [2.24, 2.45) is 17.8 Å². The second-order valence-corrected chi connectivity index (χ2v) is 9.03. The number of carbonyl (C=O) groups is 2. The molecule has 0 saturated heterocycles. The molecule has 1 aromatic rings. The third-order valence-corrected chi connectivity index (χ3v) is 6.53. The third kappa shape index (κ3) is 5.25. The van der Waals surface area contributed by atoms with Crippen LogP contribution in [0.3, 0.4) is 0 Å². The van der Waals surface area contributed by atoms with Gasteiger partial charge in [0.15, 0.2) is 0 Å². The number of nitrogens with zero attached hydrogens (tertiary/aromatic N) is 1. The number of benzene rings is 1. The highest BCUT2D eigenvalue weighted by Gasteiger charge is 2.38. The van der Waals surface area contributed by atoms with E-state index >= 15 is 0 Å². The number of carbonyl (C=O) groups excluding carboxylic acids is 2. The Bertz CT molecular complexity index is 722.